The number of aromatic nitrogens is 3. The van der Waals surface area contributed by atoms with E-state index in [2.05, 4.69) is 15.2 Å². The van der Waals surface area contributed by atoms with Crippen molar-refractivity contribution in [2.24, 2.45) is 5.92 Å². The molecule has 0 N–H and O–H groups in total. The number of Topliss-reactive ketones (excluding diaryl/α,β-unsaturated/α-hetero) is 1. The van der Waals surface area contributed by atoms with Crippen LogP contribution in [0.25, 0.3) is 0 Å². The minimum Gasteiger partial charge on any atom is -0.296 e. The molecule has 0 spiro atoms. The number of hydrogen-bond donors (Lipinski definition) is 0. The Kier molecular flexibility index (Phi) is 4.11. The molecule has 1 saturated carbocycles. The average molecular weight is 346 g/mol. The molecule has 1 saturated heterocycles. The highest BCUT2D eigenvalue weighted by atomic mass is 19.2. The van der Waals surface area contributed by atoms with Gasteiger partial charge in [-0.1, -0.05) is 11.3 Å². The summed E-state index contributed by atoms with van der Waals surface area (Å²) >= 11 is 0. The monoisotopic (exact) mass is 346 g/mol. The van der Waals surface area contributed by atoms with Crippen molar-refractivity contribution in [3.05, 3.63) is 47.3 Å². The number of hydrogen-bond acceptors (Lipinski definition) is 4. The standard InChI is InChI=1S/C18H20F2N4O/c1-11(13-2-5-15(19)16(20)7-13)23-8-12(9-23)6-18(25)17-10-24(22-21-17)14-3-4-14/h2,5,7,10-12,14H,3-4,6,8-9H2,1H3. The Balaban J connectivity index is 1.30. The molecule has 1 aromatic carbocycles. The highest BCUT2D eigenvalue weighted by Gasteiger charge is 2.33. The summed E-state index contributed by atoms with van der Waals surface area (Å²) in [7, 11) is 0. The minimum atomic E-state index is -0.831. The molecule has 1 aromatic heterocycles. The van der Waals surface area contributed by atoms with Gasteiger partial charge in [0.05, 0.1) is 12.2 Å². The van der Waals surface area contributed by atoms with E-state index in [0.717, 1.165) is 37.6 Å². The highest BCUT2D eigenvalue weighted by molar-refractivity contribution is 5.94. The predicted octanol–water partition coefficient (Wildman–Crippen LogP) is 3.16. The second-order valence-corrected chi connectivity index (χ2v) is 7.11. The van der Waals surface area contributed by atoms with Gasteiger partial charge in [0, 0.05) is 25.6 Å². The maximum Gasteiger partial charge on any atom is 0.185 e. The first kappa shape index (κ1) is 16.3. The zero-order chi connectivity index (χ0) is 17.6. The van der Waals surface area contributed by atoms with Crippen LogP contribution in [0, 0.1) is 17.6 Å². The third kappa shape index (κ3) is 3.33. The summed E-state index contributed by atoms with van der Waals surface area (Å²) in [6, 6.07) is 4.43. The van der Waals surface area contributed by atoms with Crippen LogP contribution in [0.3, 0.4) is 0 Å². The van der Waals surface area contributed by atoms with Gasteiger partial charge in [0.15, 0.2) is 17.4 Å². The van der Waals surface area contributed by atoms with Crippen LogP contribution in [-0.2, 0) is 0 Å². The maximum atomic E-state index is 13.4. The second kappa shape index (κ2) is 6.29. The van der Waals surface area contributed by atoms with Gasteiger partial charge >= 0.3 is 0 Å². The molecule has 2 heterocycles. The molecule has 4 rings (SSSR count). The Morgan fingerprint density at radius 2 is 2.04 bits per heavy atom. The molecule has 2 aliphatic rings. The molecule has 0 bridgehead atoms. The van der Waals surface area contributed by atoms with Crippen molar-refractivity contribution in [1.82, 2.24) is 19.9 Å². The largest absolute Gasteiger partial charge is 0.296 e. The first-order chi connectivity index (χ1) is 12.0. The third-order valence-electron chi connectivity index (χ3n) is 5.15. The lowest BCUT2D eigenvalue weighted by atomic mass is 9.90. The van der Waals surface area contributed by atoms with Crippen LogP contribution < -0.4 is 0 Å². The summed E-state index contributed by atoms with van der Waals surface area (Å²) in [4.78, 5) is 14.5. The maximum absolute atomic E-state index is 13.4. The van der Waals surface area contributed by atoms with Crippen LogP contribution in [0.1, 0.15) is 54.3 Å². The van der Waals surface area contributed by atoms with Gasteiger partial charge < -0.3 is 0 Å². The Bertz CT molecular complexity index is 796. The average Bonchev–Trinajstić information content (AvgIpc) is 3.29. The molecule has 2 aromatic rings. The quantitative estimate of drug-likeness (QED) is 0.754. The summed E-state index contributed by atoms with van der Waals surface area (Å²) in [5.41, 5.74) is 1.19. The lowest BCUT2D eigenvalue weighted by Crippen LogP contribution is -2.48. The number of carbonyl (C=O) groups excluding carboxylic acids is 1. The molecule has 2 fully saturated rings. The van der Waals surface area contributed by atoms with Gasteiger partial charge in [0.2, 0.25) is 0 Å². The molecule has 7 heteroatoms. The van der Waals surface area contributed by atoms with E-state index >= 15 is 0 Å². The molecule has 1 atom stereocenters. The number of likely N-dealkylation sites (tertiary alicyclic amines) is 1. The van der Waals surface area contributed by atoms with Crippen LogP contribution in [0.4, 0.5) is 8.78 Å². The van der Waals surface area contributed by atoms with Crippen LogP contribution in [0.15, 0.2) is 24.4 Å². The zero-order valence-electron chi connectivity index (χ0n) is 14.0. The van der Waals surface area contributed by atoms with Crippen LogP contribution in [-0.4, -0.2) is 38.8 Å². The van der Waals surface area contributed by atoms with Crippen molar-refractivity contribution >= 4 is 5.78 Å². The van der Waals surface area contributed by atoms with Gasteiger partial charge in [-0.2, -0.15) is 0 Å². The fraction of sp³-hybridized carbons (Fsp3) is 0.500. The molecular weight excluding hydrogens is 326 g/mol. The summed E-state index contributed by atoms with van der Waals surface area (Å²) in [5.74, 6) is -1.36. The molecular formula is C18H20F2N4O. The molecule has 0 amide bonds. The Labute approximate surface area is 144 Å². The first-order valence-corrected chi connectivity index (χ1v) is 8.65. The van der Waals surface area contributed by atoms with Crippen molar-refractivity contribution in [2.75, 3.05) is 13.1 Å². The van der Waals surface area contributed by atoms with Gasteiger partial charge in [-0.05, 0) is 43.4 Å². The smallest absolute Gasteiger partial charge is 0.185 e. The van der Waals surface area contributed by atoms with Crippen LogP contribution in [0.5, 0.6) is 0 Å². The van der Waals surface area contributed by atoms with E-state index in [4.69, 9.17) is 0 Å². The van der Waals surface area contributed by atoms with Gasteiger partial charge in [-0.3, -0.25) is 9.69 Å². The fourth-order valence-corrected chi connectivity index (χ4v) is 3.33. The molecule has 25 heavy (non-hydrogen) atoms. The van der Waals surface area contributed by atoms with Gasteiger partial charge in [0.1, 0.15) is 5.69 Å². The summed E-state index contributed by atoms with van der Waals surface area (Å²) in [5, 5.41) is 8.00. The zero-order valence-corrected chi connectivity index (χ0v) is 14.0. The van der Waals surface area contributed by atoms with E-state index in [1.165, 1.54) is 6.07 Å². The van der Waals surface area contributed by atoms with Crippen molar-refractivity contribution in [2.45, 2.75) is 38.3 Å². The Hall–Kier alpha value is -2.15. The van der Waals surface area contributed by atoms with Gasteiger partial charge in [0.25, 0.3) is 0 Å². The highest BCUT2D eigenvalue weighted by Crippen LogP contribution is 2.34. The Morgan fingerprint density at radius 1 is 1.28 bits per heavy atom. The van der Waals surface area contributed by atoms with E-state index in [0.29, 0.717) is 18.2 Å². The van der Waals surface area contributed by atoms with Crippen molar-refractivity contribution in [3.63, 3.8) is 0 Å². The number of nitrogens with zero attached hydrogens (tertiary/aromatic N) is 4. The molecule has 1 aliphatic heterocycles. The molecule has 1 unspecified atom stereocenters. The van der Waals surface area contributed by atoms with Crippen molar-refractivity contribution in [1.29, 1.82) is 0 Å². The first-order valence-electron chi connectivity index (χ1n) is 8.65. The molecule has 1 aliphatic carbocycles. The van der Waals surface area contributed by atoms with E-state index in [1.807, 2.05) is 6.92 Å². The summed E-state index contributed by atoms with van der Waals surface area (Å²) in [6.07, 6.45) is 4.41. The lowest BCUT2D eigenvalue weighted by molar-refractivity contribution is 0.0501. The van der Waals surface area contributed by atoms with E-state index in [-0.39, 0.29) is 17.7 Å². The Morgan fingerprint density at radius 3 is 2.72 bits per heavy atom. The normalized spacial score (nSPS) is 19.6. The number of ketones is 1. The van der Waals surface area contributed by atoms with E-state index in [9.17, 15) is 13.6 Å². The predicted molar refractivity (Wildman–Crippen MR) is 87.1 cm³/mol. The number of halogens is 2. The van der Waals surface area contributed by atoms with Crippen LogP contribution >= 0.6 is 0 Å². The molecule has 0 radical (unpaired) electrons. The van der Waals surface area contributed by atoms with E-state index in [1.54, 1.807) is 16.9 Å². The van der Waals surface area contributed by atoms with Gasteiger partial charge in [-0.25, -0.2) is 13.5 Å². The van der Waals surface area contributed by atoms with Crippen molar-refractivity contribution < 1.29 is 13.6 Å². The molecule has 5 nitrogen and oxygen atoms in total. The van der Waals surface area contributed by atoms with Gasteiger partial charge in [-0.15, -0.1) is 5.10 Å². The molecule has 132 valence electrons. The number of benzene rings is 1. The summed E-state index contributed by atoms with van der Waals surface area (Å²) < 4.78 is 28.2. The lowest BCUT2D eigenvalue weighted by Gasteiger charge is -2.43. The fourth-order valence-electron chi connectivity index (χ4n) is 3.33. The minimum absolute atomic E-state index is 0.00260. The topological polar surface area (TPSA) is 51.0 Å². The van der Waals surface area contributed by atoms with E-state index < -0.39 is 11.6 Å². The second-order valence-electron chi connectivity index (χ2n) is 7.11. The van der Waals surface area contributed by atoms with Crippen LogP contribution in [0.2, 0.25) is 0 Å². The van der Waals surface area contributed by atoms with Crippen molar-refractivity contribution in [3.8, 4) is 0 Å². The summed E-state index contributed by atoms with van der Waals surface area (Å²) in [6.45, 7) is 3.50. The number of rotatable bonds is 6. The third-order valence-corrected chi connectivity index (χ3v) is 5.15. The SMILES string of the molecule is CC(c1ccc(F)c(F)c1)N1CC(CC(=O)c2cn(C3CC3)nn2)C1. The number of carbonyl (C=O) groups is 1.